The van der Waals surface area contributed by atoms with E-state index in [-0.39, 0.29) is 29.3 Å². The van der Waals surface area contributed by atoms with Gasteiger partial charge in [-0.05, 0) is 55.3 Å². The van der Waals surface area contributed by atoms with Crippen LogP contribution in [0.3, 0.4) is 0 Å². The lowest BCUT2D eigenvalue weighted by molar-refractivity contribution is 0.0954. The van der Waals surface area contributed by atoms with Gasteiger partial charge in [-0.25, -0.2) is 17.5 Å². The number of hydrogen-bond acceptors (Lipinski definition) is 4. The van der Waals surface area contributed by atoms with Crippen LogP contribution < -0.4 is 14.8 Å². The molecule has 0 saturated heterocycles. The number of ether oxygens (including phenoxy) is 1. The summed E-state index contributed by atoms with van der Waals surface area (Å²) in [5, 5.41) is 2.54. The zero-order valence-electron chi connectivity index (χ0n) is 14.8. The summed E-state index contributed by atoms with van der Waals surface area (Å²) in [6.07, 6.45) is 0. The summed E-state index contributed by atoms with van der Waals surface area (Å²) in [5.41, 5.74) is 1.91. The number of methoxy groups -OCH3 is 1. The van der Waals surface area contributed by atoms with E-state index in [1.54, 1.807) is 12.1 Å². The number of carbonyl (C=O) groups excluding carboxylic acids is 1. The van der Waals surface area contributed by atoms with Crippen LogP contribution in [0.5, 0.6) is 5.75 Å². The molecule has 0 heterocycles. The first-order chi connectivity index (χ1) is 12.2. The molecule has 0 radical (unpaired) electrons. The molecule has 2 aromatic rings. The molecule has 2 aromatic carbocycles. The van der Waals surface area contributed by atoms with Gasteiger partial charge in [0.25, 0.3) is 5.91 Å². The third-order valence-corrected chi connectivity index (χ3v) is 5.34. The number of carbonyl (C=O) groups is 1. The minimum absolute atomic E-state index is 0.0144. The third-order valence-electron chi connectivity index (χ3n) is 3.86. The Hall–Kier alpha value is -2.45. The van der Waals surface area contributed by atoms with Gasteiger partial charge >= 0.3 is 0 Å². The molecule has 0 spiro atoms. The average Bonchev–Trinajstić information content (AvgIpc) is 2.60. The Morgan fingerprint density at radius 3 is 2.46 bits per heavy atom. The normalized spacial score (nSPS) is 11.2. The molecule has 0 aliphatic carbocycles. The van der Waals surface area contributed by atoms with Crippen molar-refractivity contribution >= 4 is 15.9 Å². The molecule has 26 heavy (non-hydrogen) atoms. The van der Waals surface area contributed by atoms with Crippen LogP contribution in [0.1, 0.15) is 21.5 Å². The van der Waals surface area contributed by atoms with Crippen molar-refractivity contribution in [2.75, 3.05) is 20.2 Å². The number of hydrogen-bond donors (Lipinski definition) is 2. The van der Waals surface area contributed by atoms with Gasteiger partial charge in [0.2, 0.25) is 10.0 Å². The predicted molar refractivity (Wildman–Crippen MR) is 96.4 cm³/mol. The van der Waals surface area contributed by atoms with Gasteiger partial charge in [-0.15, -0.1) is 0 Å². The predicted octanol–water partition coefficient (Wildman–Crippen LogP) is 2.16. The molecule has 140 valence electrons. The Kier molecular flexibility index (Phi) is 6.33. The lowest BCUT2D eigenvalue weighted by atomic mass is 10.1. The van der Waals surface area contributed by atoms with Gasteiger partial charge in [0.05, 0.1) is 7.11 Å². The topological polar surface area (TPSA) is 84.5 Å². The number of rotatable bonds is 7. The minimum atomic E-state index is -3.80. The molecule has 1 amide bonds. The van der Waals surface area contributed by atoms with E-state index in [1.165, 1.54) is 25.3 Å². The summed E-state index contributed by atoms with van der Waals surface area (Å²) >= 11 is 0. The van der Waals surface area contributed by atoms with E-state index < -0.39 is 21.7 Å². The van der Waals surface area contributed by atoms with E-state index in [1.807, 2.05) is 13.8 Å². The molecule has 0 saturated carbocycles. The minimum Gasteiger partial charge on any atom is -0.495 e. The fourth-order valence-electron chi connectivity index (χ4n) is 2.30. The van der Waals surface area contributed by atoms with Crippen LogP contribution in [0.2, 0.25) is 0 Å². The van der Waals surface area contributed by atoms with Crippen molar-refractivity contribution in [1.29, 1.82) is 0 Å². The zero-order chi connectivity index (χ0) is 19.3. The molecular weight excluding hydrogens is 359 g/mol. The summed E-state index contributed by atoms with van der Waals surface area (Å²) in [5.74, 6) is -0.739. The Labute approximate surface area is 152 Å². The number of benzene rings is 2. The van der Waals surface area contributed by atoms with Crippen LogP contribution in [0.4, 0.5) is 4.39 Å². The highest BCUT2D eigenvalue weighted by atomic mass is 32.2. The number of sulfonamides is 1. The first-order valence-electron chi connectivity index (χ1n) is 7.93. The maximum atomic E-state index is 13.1. The van der Waals surface area contributed by atoms with Crippen molar-refractivity contribution in [2.45, 2.75) is 18.7 Å². The van der Waals surface area contributed by atoms with E-state index in [4.69, 9.17) is 4.74 Å². The maximum Gasteiger partial charge on any atom is 0.251 e. The molecular formula is C18H21FN2O4S. The molecule has 0 bridgehead atoms. The molecule has 0 aliphatic heterocycles. The second kappa shape index (κ2) is 8.29. The third kappa shape index (κ3) is 4.80. The van der Waals surface area contributed by atoms with Crippen LogP contribution in [-0.4, -0.2) is 34.5 Å². The van der Waals surface area contributed by atoms with Crippen LogP contribution >= 0.6 is 0 Å². The SMILES string of the molecule is COc1cc(C)c(C)cc1S(=O)(=O)NCCNC(=O)c1cccc(F)c1. The average molecular weight is 380 g/mol. The van der Waals surface area contributed by atoms with Crippen LogP contribution in [-0.2, 0) is 10.0 Å². The molecule has 6 nitrogen and oxygen atoms in total. The zero-order valence-corrected chi connectivity index (χ0v) is 15.6. The Morgan fingerprint density at radius 2 is 1.81 bits per heavy atom. The Morgan fingerprint density at radius 1 is 1.12 bits per heavy atom. The summed E-state index contributed by atoms with van der Waals surface area (Å²) in [6.45, 7) is 3.72. The first-order valence-corrected chi connectivity index (χ1v) is 9.41. The summed E-state index contributed by atoms with van der Waals surface area (Å²) in [4.78, 5) is 11.9. The molecule has 0 unspecified atom stereocenters. The van der Waals surface area contributed by atoms with Gasteiger partial charge in [-0.2, -0.15) is 0 Å². The number of halogens is 1. The van der Waals surface area contributed by atoms with Crippen LogP contribution in [0.25, 0.3) is 0 Å². The van der Waals surface area contributed by atoms with Crippen molar-refractivity contribution < 1.29 is 22.3 Å². The van der Waals surface area contributed by atoms with Gasteiger partial charge < -0.3 is 10.1 Å². The molecule has 2 rings (SSSR count). The van der Waals surface area contributed by atoms with E-state index >= 15 is 0 Å². The highest BCUT2D eigenvalue weighted by Crippen LogP contribution is 2.26. The highest BCUT2D eigenvalue weighted by molar-refractivity contribution is 7.89. The smallest absolute Gasteiger partial charge is 0.251 e. The quantitative estimate of drug-likeness (QED) is 0.721. The van der Waals surface area contributed by atoms with Crippen molar-refractivity contribution in [2.24, 2.45) is 0 Å². The summed E-state index contributed by atoms with van der Waals surface area (Å²) < 4.78 is 45.6. The first kappa shape index (κ1) is 19.9. The van der Waals surface area contributed by atoms with Crippen molar-refractivity contribution in [1.82, 2.24) is 10.0 Å². The van der Waals surface area contributed by atoms with Gasteiger partial charge in [-0.1, -0.05) is 6.07 Å². The Balaban J connectivity index is 1.99. The number of nitrogens with one attached hydrogen (secondary N) is 2. The molecule has 0 atom stereocenters. The van der Waals surface area contributed by atoms with Crippen LogP contribution in [0.15, 0.2) is 41.3 Å². The highest BCUT2D eigenvalue weighted by Gasteiger charge is 2.20. The monoisotopic (exact) mass is 380 g/mol. The second-order valence-electron chi connectivity index (χ2n) is 5.75. The molecule has 0 aromatic heterocycles. The van der Waals surface area contributed by atoms with Crippen molar-refractivity contribution in [3.8, 4) is 5.75 Å². The van der Waals surface area contributed by atoms with E-state index in [2.05, 4.69) is 10.0 Å². The summed E-state index contributed by atoms with van der Waals surface area (Å²) in [6, 6.07) is 8.46. The summed E-state index contributed by atoms with van der Waals surface area (Å²) in [7, 11) is -2.39. The maximum absolute atomic E-state index is 13.1. The van der Waals surface area contributed by atoms with Gasteiger partial charge in [0, 0.05) is 18.7 Å². The largest absolute Gasteiger partial charge is 0.495 e. The van der Waals surface area contributed by atoms with E-state index in [9.17, 15) is 17.6 Å². The van der Waals surface area contributed by atoms with Gasteiger partial charge in [0.15, 0.2) is 0 Å². The van der Waals surface area contributed by atoms with Gasteiger partial charge in [0.1, 0.15) is 16.5 Å². The Bertz CT molecular complexity index is 913. The fourth-order valence-corrected chi connectivity index (χ4v) is 3.57. The standard InChI is InChI=1S/C18H21FN2O4S/c1-12-9-16(25-3)17(10-13(12)2)26(23,24)21-8-7-20-18(22)14-5-4-6-15(19)11-14/h4-6,9-11,21H,7-8H2,1-3H3,(H,20,22). The lowest BCUT2D eigenvalue weighted by Gasteiger charge is -2.13. The number of amides is 1. The number of aryl methyl sites for hydroxylation is 2. The van der Waals surface area contributed by atoms with Crippen molar-refractivity contribution in [3.63, 3.8) is 0 Å². The van der Waals surface area contributed by atoms with Crippen LogP contribution in [0, 0.1) is 19.7 Å². The molecule has 8 heteroatoms. The lowest BCUT2D eigenvalue weighted by Crippen LogP contribution is -2.34. The van der Waals surface area contributed by atoms with E-state index in [0.717, 1.165) is 17.2 Å². The molecule has 2 N–H and O–H groups in total. The van der Waals surface area contributed by atoms with Crippen molar-refractivity contribution in [3.05, 3.63) is 58.9 Å². The van der Waals surface area contributed by atoms with E-state index in [0.29, 0.717) is 0 Å². The van der Waals surface area contributed by atoms with Gasteiger partial charge in [-0.3, -0.25) is 4.79 Å². The molecule has 0 fully saturated rings. The second-order valence-corrected chi connectivity index (χ2v) is 7.49. The molecule has 0 aliphatic rings. The fraction of sp³-hybridized carbons (Fsp3) is 0.278.